The van der Waals surface area contributed by atoms with Crippen molar-refractivity contribution in [1.82, 2.24) is 14.9 Å². The van der Waals surface area contributed by atoms with Gasteiger partial charge in [0.1, 0.15) is 5.82 Å². The minimum atomic E-state index is 0.159. The van der Waals surface area contributed by atoms with Gasteiger partial charge in [-0.2, -0.15) is 0 Å². The van der Waals surface area contributed by atoms with E-state index in [9.17, 15) is 0 Å². The molecule has 3 heteroatoms. The summed E-state index contributed by atoms with van der Waals surface area (Å²) in [6, 6.07) is 0. The van der Waals surface area contributed by atoms with Gasteiger partial charge in [-0.05, 0) is 20.8 Å². The summed E-state index contributed by atoms with van der Waals surface area (Å²) in [6.07, 6.45) is 3.78. The number of hydrogen-bond donors (Lipinski definition) is 1. The molecule has 0 fully saturated rings. The molecule has 1 aromatic rings. The van der Waals surface area contributed by atoms with Gasteiger partial charge in [0, 0.05) is 25.0 Å². The Morgan fingerprint density at radius 3 is 2.58 bits per heavy atom. The first-order valence-corrected chi connectivity index (χ1v) is 4.20. The number of nitrogens with zero attached hydrogens (tertiary/aromatic N) is 2. The van der Waals surface area contributed by atoms with Crippen LogP contribution >= 0.6 is 0 Å². The first-order valence-electron chi connectivity index (χ1n) is 4.20. The van der Waals surface area contributed by atoms with Gasteiger partial charge in [0.2, 0.25) is 0 Å². The van der Waals surface area contributed by atoms with E-state index in [1.54, 1.807) is 0 Å². The number of hydrogen-bond acceptors (Lipinski definition) is 2. The van der Waals surface area contributed by atoms with Crippen LogP contribution in [0.1, 0.15) is 26.6 Å². The quantitative estimate of drug-likeness (QED) is 0.719. The molecule has 0 aliphatic carbocycles. The Hall–Kier alpha value is -0.830. The second-order valence-corrected chi connectivity index (χ2v) is 4.06. The molecule has 68 valence electrons. The molecule has 1 rings (SSSR count). The molecule has 1 aromatic heterocycles. The van der Waals surface area contributed by atoms with Crippen LogP contribution in [-0.2, 0) is 13.6 Å². The average Bonchev–Trinajstić information content (AvgIpc) is 2.29. The minimum absolute atomic E-state index is 0.159. The summed E-state index contributed by atoms with van der Waals surface area (Å²) in [4.78, 5) is 4.22. The van der Waals surface area contributed by atoms with Crippen LogP contribution in [0.2, 0.25) is 0 Å². The van der Waals surface area contributed by atoms with Gasteiger partial charge in [0.15, 0.2) is 0 Å². The van der Waals surface area contributed by atoms with Crippen LogP contribution in [0.25, 0.3) is 0 Å². The molecule has 1 N–H and O–H groups in total. The molecular weight excluding hydrogens is 150 g/mol. The number of aromatic nitrogens is 2. The van der Waals surface area contributed by atoms with Gasteiger partial charge in [-0.1, -0.05) is 0 Å². The van der Waals surface area contributed by atoms with E-state index in [2.05, 4.69) is 31.1 Å². The zero-order valence-electron chi connectivity index (χ0n) is 8.26. The SMILES string of the molecule is Cn1ccnc1CNC(C)(C)C. The summed E-state index contributed by atoms with van der Waals surface area (Å²) in [6.45, 7) is 7.27. The maximum atomic E-state index is 4.22. The predicted molar refractivity (Wildman–Crippen MR) is 49.8 cm³/mol. The molecule has 0 amide bonds. The molecule has 0 saturated heterocycles. The number of aryl methyl sites for hydroxylation is 1. The smallest absolute Gasteiger partial charge is 0.122 e. The van der Waals surface area contributed by atoms with E-state index >= 15 is 0 Å². The highest BCUT2D eigenvalue weighted by atomic mass is 15.1. The molecular formula is C9H17N3. The lowest BCUT2D eigenvalue weighted by Crippen LogP contribution is -2.35. The molecule has 0 aliphatic rings. The Balaban J connectivity index is 2.49. The van der Waals surface area contributed by atoms with Gasteiger partial charge in [-0.25, -0.2) is 4.98 Å². The van der Waals surface area contributed by atoms with E-state index in [0.29, 0.717) is 0 Å². The van der Waals surface area contributed by atoms with E-state index in [4.69, 9.17) is 0 Å². The van der Waals surface area contributed by atoms with Crippen LogP contribution in [-0.4, -0.2) is 15.1 Å². The fourth-order valence-corrected chi connectivity index (χ4v) is 0.911. The highest BCUT2D eigenvalue weighted by Gasteiger charge is 2.09. The summed E-state index contributed by atoms with van der Waals surface area (Å²) in [5.74, 6) is 1.07. The summed E-state index contributed by atoms with van der Waals surface area (Å²) in [7, 11) is 2.01. The van der Waals surface area contributed by atoms with E-state index in [1.807, 2.05) is 24.0 Å². The molecule has 0 aromatic carbocycles. The fourth-order valence-electron chi connectivity index (χ4n) is 0.911. The van der Waals surface area contributed by atoms with Crippen molar-refractivity contribution >= 4 is 0 Å². The van der Waals surface area contributed by atoms with E-state index < -0.39 is 0 Å². The van der Waals surface area contributed by atoms with Gasteiger partial charge >= 0.3 is 0 Å². The second kappa shape index (κ2) is 3.27. The Morgan fingerprint density at radius 2 is 2.17 bits per heavy atom. The Bertz CT molecular complexity index is 245. The van der Waals surface area contributed by atoms with Crippen LogP contribution in [0.4, 0.5) is 0 Å². The van der Waals surface area contributed by atoms with Crippen molar-refractivity contribution in [2.45, 2.75) is 32.9 Å². The largest absolute Gasteiger partial charge is 0.337 e. The molecule has 0 bridgehead atoms. The maximum absolute atomic E-state index is 4.22. The van der Waals surface area contributed by atoms with Crippen LogP contribution < -0.4 is 5.32 Å². The lowest BCUT2D eigenvalue weighted by Gasteiger charge is -2.20. The maximum Gasteiger partial charge on any atom is 0.122 e. The molecule has 0 unspecified atom stereocenters. The predicted octanol–water partition coefficient (Wildman–Crippen LogP) is 1.31. The number of nitrogens with one attached hydrogen (secondary N) is 1. The van der Waals surface area contributed by atoms with Gasteiger partial charge < -0.3 is 9.88 Å². The summed E-state index contributed by atoms with van der Waals surface area (Å²) in [5.41, 5.74) is 0.159. The molecule has 0 radical (unpaired) electrons. The van der Waals surface area contributed by atoms with Gasteiger partial charge in [-0.15, -0.1) is 0 Å². The molecule has 1 heterocycles. The highest BCUT2D eigenvalue weighted by molar-refractivity contribution is 4.91. The number of imidazole rings is 1. The first kappa shape index (κ1) is 9.26. The number of rotatable bonds is 2. The Morgan fingerprint density at radius 1 is 1.50 bits per heavy atom. The van der Waals surface area contributed by atoms with E-state index in [-0.39, 0.29) is 5.54 Å². The molecule has 0 saturated carbocycles. The van der Waals surface area contributed by atoms with Crippen LogP contribution in [0, 0.1) is 0 Å². The highest BCUT2D eigenvalue weighted by Crippen LogP contribution is 2.01. The van der Waals surface area contributed by atoms with Crippen LogP contribution in [0.5, 0.6) is 0 Å². The van der Waals surface area contributed by atoms with Crippen molar-refractivity contribution in [3.63, 3.8) is 0 Å². The van der Waals surface area contributed by atoms with Crippen LogP contribution in [0.3, 0.4) is 0 Å². The molecule has 0 spiro atoms. The summed E-state index contributed by atoms with van der Waals surface area (Å²) < 4.78 is 2.03. The lowest BCUT2D eigenvalue weighted by molar-refractivity contribution is 0.414. The minimum Gasteiger partial charge on any atom is -0.337 e. The van der Waals surface area contributed by atoms with E-state index in [1.165, 1.54) is 0 Å². The second-order valence-electron chi connectivity index (χ2n) is 4.06. The van der Waals surface area contributed by atoms with Gasteiger partial charge in [-0.3, -0.25) is 0 Å². The van der Waals surface area contributed by atoms with Crippen molar-refractivity contribution in [1.29, 1.82) is 0 Å². The third kappa shape index (κ3) is 2.66. The van der Waals surface area contributed by atoms with Gasteiger partial charge in [0.25, 0.3) is 0 Å². The van der Waals surface area contributed by atoms with Crippen molar-refractivity contribution in [3.05, 3.63) is 18.2 Å². The van der Waals surface area contributed by atoms with Crippen molar-refractivity contribution in [2.75, 3.05) is 0 Å². The van der Waals surface area contributed by atoms with Gasteiger partial charge in [0.05, 0.1) is 6.54 Å². The third-order valence-corrected chi connectivity index (χ3v) is 1.70. The molecule has 0 atom stereocenters. The van der Waals surface area contributed by atoms with Crippen LogP contribution in [0.15, 0.2) is 12.4 Å². The topological polar surface area (TPSA) is 29.9 Å². The first-order chi connectivity index (χ1) is 5.49. The Kier molecular flexibility index (Phi) is 2.52. The zero-order valence-corrected chi connectivity index (χ0v) is 8.26. The molecule has 0 aliphatic heterocycles. The normalized spacial score (nSPS) is 12.0. The molecule has 3 nitrogen and oxygen atoms in total. The summed E-state index contributed by atoms with van der Waals surface area (Å²) in [5, 5.41) is 3.38. The summed E-state index contributed by atoms with van der Waals surface area (Å²) >= 11 is 0. The Labute approximate surface area is 73.8 Å². The van der Waals surface area contributed by atoms with Crippen molar-refractivity contribution in [2.24, 2.45) is 7.05 Å². The fraction of sp³-hybridized carbons (Fsp3) is 0.667. The average molecular weight is 167 g/mol. The van der Waals surface area contributed by atoms with Crippen molar-refractivity contribution < 1.29 is 0 Å². The van der Waals surface area contributed by atoms with Crippen molar-refractivity contribution in [3.8, 4) is 0 Å². The molecule has 12 heavy (non-hydrogen) atoms. The lowest BCUT2D eigenvalue weighted by atomic mass is 10.1. The monoisotopic (exact) mass is 167 g/mol. The van der Waals surface area contributed by atoms with E-state index in [0.717, 1.165) is 12.4 Å². The third-order valence-electron chi connectivity index (χ3n) is 1.70. The zero-order chi connectivity index (χ0) is 9.19. The standard InChI is InChI=1S/C9H17N3/c1-9(2,3)11-7-8-10-5-6-12(8)4/h5-6,11H,7H2,1-4H3.